The Labute approximate surface area is 52.8 Å². The summed E-state index contributed by atoms with van der Waals surface area (Å²) in [5.41, 5.74) is 0. The summed E-state index contributed by atoms with van der Waals surface area (Å²) in [6.07, 6.45) is 3.37. The van der Waals surface area contributed by atoms with Gasteiger partial charge in [-0.3, -0.25) is 0 Å². The van der Waals surface area contributed by atoms with Gasteiger partial charge in [0.05, 0.1) is 6.33 Å². The standard InChI is InChI=1S/C5H6N2S/c1-7-4-6-3-2-5(7)8/h2-4H,1H3. The maximum atomic E-state index is 4.88. The van der Waals surface area contributed by atoms with Crippen molar-refractivity contribution in [2.24, 2.45) is 7.05 Å². The van der Waals surface area contributed by atoms with Crippen LogP contribution in [0.3, 0.4) is 0 Å². The van der Waals surface area contributed by atoms with Crippen molar-refractivity contribution >= 4 is 12.2 Å². The molecule has 2 nitrogen and oxygen atoms in total. The lowest BCUT2D eigenvalue weighted by Gasteiger charge is -1.91. The molecule has 0 aromatic carbocycles. The molecule has 3 heteroatoms. The van der Waals surface area contributed by atoms with Gasteiger partial charge in [0.15, 0.2) is 0 Å². The zero-order valence-electron chi connectivity index (χ0n) is 4.53. The summed E-state index contributed by atoms with van der Waals surface area (Å²) in [5.74, 6) is 0. The lowest BCUT2D eigenvalue weighted by molar-refractivity contribution is 0.849. The number of nitrogens with zero attached hydrogens (tertiary/aromatic N) is 2. The molecule has 1 aromatic heterocycles. The number of rotatable bonds is 0. The Hall–Kier alpha value is -0.700. The number of aromatic nitrogens is 2. The normalized spacial score (nSPS) is 9.12. The molecule has 1 rings (SSSR count). The highest BCUT2D eigenvalue weighted by molar-refractivity contribution is 7.71. The fraction of sp³-hybridized carbons (Fsp3) is 0.200. The predicted octanol–water partition coefficient (Wildman–Crippen LogP) is 1.15. The largest absolute Gasteiger partial charge is 0.327 e. The van der Waals surface area contributed by atoms with E-state index in [4.69, 9.17) is 12.2 Å². The van der Waals surface area contributed by atoms with Gasteiger partial charge in [0.25, 0.3) is 0 Å². The van der Waals surface area contributed by atoms with Crippen molar-refractivity contribution in [1.29, 1.82) is 0 Å². The molecule has 0 saturated carbocycles. The van der Waals surface area contributed by atoms with Gasteiger partial charge >= 0.3 is 0 Å². The van der Waals surface area contributed by atoms with E-state index in [0.29, 0.717) is 0 Å². The molecule has 0 aliphatic heterocycles. The van der Waals surface area contributed by atoms with Crippen LogP contribution < -0.4 is 0 Å². The predicted molar refractivity (Wildman–Crippen MR) is 34.0 cm³/mol. The summed E-state index contributed by atoms with van der Waals surface area (Å²) in [4.78, 5) is 3.84. The average molecular weight is 126 g/mol. The lowest BCUT2D eigenvalue weighted by Crippen LogP contribution is -1.90. The summed E-state index contributed by atoms with van der Waals surface area (Å²) in [5, 5.41) is 0. The Morgan fingerprint density at radius 3 is 2.88 bits per heavy atom. The Morgan fingerprint density at radius 2 is 2.50 bits per heavy atom. The van der Waals surface area contributed by atoms with Gasteiger partial charge in [-0.05, 0) is 6.07 Å². The minimum absolute atomic E-state index is 0.806. The number of hydrogen-bond acceptors (Lipinski definition) is 2. The zero-order valence-corrected chi connectivity index (χ0v) is 5.35. The number of aryl methyl sites for hydroxylation is 1. The summed E-state index contributed by atoms with van der Waals surface area (Å²) in [6, 6.07) is 1.79. The van der Waals surface area contributed by atoms with Crippen molar-refractivity contribution < 1.29 is 0 Å². The molecule has 0 atom stereocenters. The van der Waals surface area contributed by atoms with Crippen LogP contribution in [0.1, 0.15) is 0 Å². The van der Waals surface area contributed by atoms with Gasteiger partial charge in [0.2, 0.25) is 0 Å². The van der Waals surface area contributed by atoms with Crippen molar-refractivity contribution in [3.63, 3.8) is 0 Å². The van der Waals surface area contributed by atoms with E-state index < -0.39 is 0 Å². The van der Waals surface area contributed by atoms with Crippen molar-refractivity contribution in [1.82, 2.24) is 9.55 Å². The molecule has 0 amide bonds. The molecule has 0 aliphatic rings. The van der Waals surface area contributed by atoms with Crippen LogP contribution in [0.25, 0.3) is 0 Å². The maximum Gasteiger partial charge on any atom is 0.108 e. The molecule has 0 saturated heterocycles. The molecule has 0 spiro atoms. The van der Waals surface area contributed by atoms with E-state index >= 15 is 0 Å². The Bertz CT molecular complexity index is 228. The Kier molecular flexibility index (Phi) is 1.39. The highest BCUT2D eigenvalue weighted by atomic mass is 32.1. The molecule has 42 valence electrons. The van der Waals surface area contributed by atoms with Gasteiger partial charge < -0.3 is 4.57 Å². The third-order valence-electron chi connectivity index (χ3n) is 0.891. The Balaban J connectivity index is 3.35. The second-order valence-electron chi connectivity index (χ2n) is 1.53. The first kappa shape index (κ1) is 5.44. The van der Waals surface area contributed by atoms with Gasteiger partial charge in [0.1, 0.15) is 4.64 Å². The van der Waals surface area contributed by atoms with Gasteiger partial charge in [-0.1, -0.05) is 12.2 Å². The van der Waals surface area contributed by atoms with Crippen LogP contribution >= 0.6 is 12.2 Å². The van der Waals surface area contributed by atoms with E-state index in [1.54, 1.807) is 23.2 Å². The van der Waals surface area contributed by atoms with Crippen molar-refractivity contribution in [3.8, 4) is 0 Å². The van der Waals surface area contributed by atoms with Gasteiger partial charge in [-0.2, -0.15) is 0 Å². The van der Waals surface area contributed by atoms with E-state index in [1.807, 2.05) is 7.05 Å². The van der Waals surface area contributed by atoms with Crippen LogP contribution in [0, 0.1) is 4.64 Å². The molecular weight excluding hydrogens is 120 g/mol. The van der Waals surface area contributed by atoms with Crippen LogP contribution in [-0.2, 0) is 7.05 Å². The second-order valence-corrected chi connectivity index (χ2v) is 1.95. The van der Waals surface area contributed by atoms with E-state index in [-0.39, 0.29) is 0 Å². The van der Waals surface area contributed by atoms with Crippen LogP contribution in [0.15, 0.2) is 18.6 Å². The third kappa shape index (κ3) is 0.924. The van der Waals surface area contributed by atoms with E-state index in [9.17, 15) is 0 Å². The molecule has 0 bridgehead atoms. The van der Waals surface area contributed by atoms with Gasteiger partial charge in [-0.25, -0.2) is 4.98 Å². The molecular formula is C5H6N2S. The SMILES string of the molecule is Cn1cnccc1=S. The molecule has 8 heavy (non-hydrogen) atoms. The van der Waals surface area contributed by atoms with Crippen LogP contribution in [0.4, 0.5) is 0 Å². The van der Waals surface area contributed by atoms with Crippen LogP contribution in [0.5, 0.6) is 0 Å². The monoisotopic (exact) mass is 126 g/mol. The van der Waals surface area contributed by atoms with Gasteiger partial charge in [-0.15, -0.1) is 0 Å². The topological polar surface area (TPSA) is 17.8 Å². The van der Waals surface area contributed by atoms with E-state index in [0.717, 1.165) is 4.64 Å². The minimum Gasteiger partial charge on any atom is -0.327 e. The third-order valence-corrected chi connectivity index (χ3v) is 1.31. The second kappa shape index (κ2) is 2.05. The smallest absolute Gasteiger partial charge is 0.108 e. The fourth-order valence-electron chi connectivity index (χ4n) is 0.420. The molecule has 0 aliphatic carbocycles. The number of hydrogen-bond donors (Lipinski definition) is 0. The molecule has 0 unspecified atom stereocenters. The summed E-state index contributed by atoms with van der Waals surface area (Å²) >= 11 is 4.88. The van der Waals surface area contributed by atoms with Crippen LogP contribution in [-0.4, -0.2) is 9.55 Å². The quantitative estimate of drug-likeness (QED) is 0.485. The van der Waals surface area contributed by atoms with Crippen LogP contribution in [0.2, 0.25) is 0 Å². The summed E-state index contributed by atoms with van der Waals surface area (Å²) in [7, 11) is 1.87. The molecule has 0 N–H and O–H groups in total. The van der Waals surface area contributed by atoms with Gasteiger partial charge in [0, 0.05) is 13.2 Å². The summed E-state index contributed by atoms with van der Waals surface area (Å²) in [6.45, 7) is 0. The van der Waals surface area contributed by atoms with E-state index in [2.05, 4.69) is 4.98 Å². The summed E-state index contributed by atoms with van der Waals surface area (Å²) < 4.78 is 2.59. The average Bonchev–Trinajstić information content (AvgIpc) is 1.77. The van der Waals surface area contributed by atoms with Crippen molar-refractivity contribution in [2.45, 2.75) is 0 Å². The maximum absolute atomic E-state index is 4.88. The highest BCUT2D eigenvalue weighted by Crippen LogP contribution is 1.83. The first-order chi connectivity index (χ1) is 3.80. The Morgan fingerprint density at radius 1 is 1.75 bits per heavy atom. The molecule has 0 radical (unpaired) electrons. The first-order valence-corrected chi connectivity index (χ1v) is 2.68. The highest BCUT2D eigenvalue weighted by Gasteiger charge is 1.76. The molecule has 0 fully saturated rings. The zero-order chi connectivity index (χ0) is 5.98. The van der Waals surface area contributed by atoms with E-state index in [1.165, 1.54) is 0 Å². The molecule has 1 aromatic rings. The van der Waals surface area contributed by atoms with Crippen molar-refractivity contribution in [3.05, 3.63) is 23.2 Å². The molecule has 1 heterocycles. The fourth-order valence-corrected chi connectivity index (χ4v) is 0.528. The first-order valence-electron chi connectivity index (χ1n) is 2.27. The van der Waals surface area contributed by atoms with Crippen molar-refractivity contribution in [2.75, 3.05) is 0 Å². The lowest BCUT2D eigenvalue weighted by atomic mass is 10.7. The minimum atomic E-state index is 0.806.